The zero-order chi connectivity index (χ0) is 15.9. The van der Waals surface area contributed by atoms with Crippen molar-refractivity contribution in [3.8, 4) is 10.6 Å². The van der Waals surface area contributed by atoms with Gasteiger partial charge in [0, 0.05) is 19.0 Å². The number of alkyl halides is 2. The van der Waals surface area contributed by atoms with Crippen LogP contribution < -0.4 is 5.32 Å². The number of carbonyl (C=O) groups excluding carboxylic acids is 1. The predicted octanol–water partition coefficient (Wildman–Crippen LogP) is 3.96. The lowest BCUT2D eigenvalue weighted by molar-refractivity contribution is -0.0112. The van der Waals surface area contributed by atoms with Crippen LogP contribution in [0.1, 0.15) is 40.8 Å². The van der Waals surface area contributed by atoms with Crippen LogP contribution in [0.2, 0.25) is 0 Å². The Morgan fingerprint density at radius 2 is 2.23 bits per heavy atom. The SMILES string of the molecule is Cc1c(-c2ccc(C(=O)NCC3CC3)s2)noc1C(C)(F)F. The largest absolute Gasteiger partial charge is 0.354 e. The fourth-order valence-electron chi connectivity index (χ4n) is 2.21. The van der Waals surface area contributed by atoms with E-state index < -0.39 is 11.7 Å². The minimum absolute atomic E-state index is 0.134. The van der Waals surface area contributed by atoms with Crippen molar-refractivity contribution < 1.29 is 18.1 Å². The number of hydrogen-bond donors (Lipinski definition) is 1. The minimum Gasteiger partial charge on any atom is -0.354 e. The van der Waals surface area contributed by atoms with Crippen LogP contribution >= 0.6 is 11.3 Å². The predicted molar refractivity (Wildman–Crippen MR) is 79.2 cm³/mol. The summed E-state index contributed by atoms with van der Waals surface area (Å²) >= 11 is 1.22. The summed E-state index contributed by atoms with van der Waals surface area (Å²) in [6, 6.07) is 3.39. The van der Waals surface area contributed by atoms with E-state index in [1.165, 1.54) is 24.2 Å². The molecule has 1 N–H and O–H groups in total. The van der Waals surface area contributed by atoms with Crippen LogP contribution in [0.3, 0.4) is 0 Å². The molecule has 0 aliphatic heterocycles. The van der Waals surface area contributed by atoms with E-state index in [0.29, 0.717) is 33.5 Å². The van der Waals surface area contributed by atoms with Gasteiger partial charge in [-0.3, -0.25) is 4.79 Å². The summed E-state index contributed by atoms with van der Waals surface area (Å²) < 4.78 is 31.5. The zero-order valence-corrected chi connectivity index (χ0v) is 13.1. The van der Waals surface area contributed by atoms with Gasteiger partial charge >= 0.3 is 5.92 Å². The number of nitrogens with one attached hydrogen (secondary N) is 1. The highest BCUT2D eigenvalue weighted by Gasteiger charge is 2.33. The van der Waals surface area contributed by atoms with Crippen LogP contribution in [0, 0.1) is 12.8 Å². The molecule has 0 saturated heterocycles. The molecular weight excluding hydrogens is 310 g/mol. The average molecular weight is 326 g/mol. The van der Waals surface area contributed by atoms with Crippen LogP contribution in [-0.4, -0.2) is 17.6 Å². The second-order valence-corrected chi connectivity index (χ2v) is 6.77. The Bertz CT molecular complexity index is 699. The normalized spacial score (nSPS) is 15.1. The Hall–Kier alpha value is -1.76. The van der Waals surface area contributed by atoms with Crippen LogP contribution in [0.25, 0.3) is 10.6 Å². The van der Waals surface area contributed by atoms with E-state index in [9.17, 15) is 13.6 Å². The van der Waals surface area contributed by atoms with Crippen molar-refractivity contribution in [1.29, 1.82) is 0 Å². The Kier molecular flexibility index (Phi) is 3.76. The third kappa shape index (κ3) is 3.04. The smallest absolute Gasteiger partial charge is 0.304 e. The maximum atomic E-state index is 13.4. The Balaban J connectivity index is 1.78. The number of aromatic nitrogens is 1. The lowest BCUT2D eigenvalue weighted by Crippen LogP contribution is -2.24. The van der Waals surface area contributed by atoms with E-state index in [1.807, 2.05) is 0 Å². The van der Waals surface area contributed by atoms with Gasteiger partial charge in [0.25, 0.3) is 5.91 Å². The minimum atomic E-state index is -3.07. The molecule has 1 amide bonds. The molecule has 7 heteroatoms. The zero-order valence-electron chi connectivity index (χ0n) is 12.3. The molecule has 0 aromatic carbocycles. The summed E-state index contributed by atoms with van der Waals surface area (Å²) in [5.41, 5.74) is 0.669. The van der Waals surface area contributed by atoms with Gasteiger partial charge in [0.15, 0.2) is 0 Å². The number of carbonyl (C=O) groups is 1. The number of halogens is 2. The maximum absolute atomic E-state index is 13.4. The van der Waals surface area contributed by atoms with E-state index in [-0.39, 0.29) is 5.91 Å². The van der Waals surface area contributed by atoms with E-state index in [2.05, 4.69) is 10.5 Å². The standard InChI is InChI=1S/C15H16F2N2O2S/c1-8-12(19-21-13(8)15(2,16)17)10-5-6-11(22-10)14(20)18-7-9-3-4-9/h5-6,9H,3-4,7H2,1-2H3,(H,18,20). The van der Waals surface area contributed by atoms with E-state index >= 15 is 0 Å². The Labute approximate surface area is 130 Å². The van der Waals surface area contributed by atoms with Crippen LogP contribution in [-0.2, 0) is 5.92 Å². The molecule has 2 aromatic heterocycles. The van der Waals surface area contributed by atoms with Gasteiger partial charge < -0.3 is 9.84 Å². The van der Waals surface area contributed by atoms with Gasteiger partial charge in [0.1, 0.15) is 5.69 Å². The monoisotopic (exact) mass is 326 g/mol. The molecule has 0 atom stereocenters. The summed E-state index contributed by atoms with van der Waals surface area (Å²) in [5.74, 6) is -3.03. The lowest BCUT2D eigenvalue weighted by atomic mass is 10.1. The molecule has 1 saturated carbocycles. The van der Waals surface area contributed by atoms with Crippen molar-refractivity contribution in [2.24, 2.45) is 5.92 Å². The Morgan fingerprint density at radius 1 is 1.50 bits per heavy atom. The molecule has 0 unspecified atom stereocenters. The van der Waals surface area contributed by atoms with Crippen molar-refractivity contribution in [3.63, 3.8) is 0 Å². The van der Waals surface area contributed by atoms with Crippen LogP contribution in [0.15, 0.2) is 16.7 Å². The first-order valence-corrected chi connectivity index (χ1v) is 7.91. The first-order chi connectivity index (χ1) is 10.4. The molecule has 1 aliphatic carbocycles. The summed E-state index contributed by atoms with van der Waals surface area (Å²) in [7, 11) is 0. The van der Waals surface area contributed by atoms with Gasteiger partial charge in [-0.15, -0.1) is 11.3 Å². The van der Waals surface area contributed by atoms with Gasteiger partial charge in [-0.25, -0.2) is 0 Å². The molecule has 2 aromatic rings. The highest BCUT2D eigenvalue weighted by atomic mass is 32.1. The number of thiophene rings is 1. The highest BCUT2D eigenvalue weighted by molar-refractivity contribution is 7.17. The first kappa shape index (κ1) is 15.1. The lowest BCUT2D eigenvalue weighted by Gasteiger charge is -2.05. The fourth-order valence-corrected chi connectivity index (χ4v) is 3.17. The average Bonchev–Trinajstić information content (AvgIpc) is 2.98. The van der Waals surface area contributed by atoms with Crippen molar-refractivity contribution in [2.45, 2.75) is 32.6 Å². The van der Waals surface area contributed by atoms with Crippen LogP contribution in [0.4, 0.5) is 8.78 Å². The van der Waals surface area contributed by atoms with E-state index in [0.717, 1.165) is 6.92 Å². The third-order valence-corrected chi connectivity index (χ3v) is 4.72. The third-order valence-electron chi connectivity index (χ3n) is 3.63. The van der Waals surface area contributed by atoms with Gasteiger partial charge in [0.05, 0.1) is 9.75 Å². The molecular formula is C15H16F2N2O2S. The molecule has 0 spiro atoms. The van der Waals surface area contributed by atoms with Crippen molar-refractivity contribution in [2.75, 3.05) is 6.54 Å². The highest BCUT2D eigenvalue weighted by Crippen LogP contribution is 2.37. The molecule has 22 heavy (non-hydrogen) atoms. The molecule has 0 bridgehead atoms. The molecule has 4 nitrogen and oxygen atoms in total. The summed E-state index contributed by atoms with van der Waals surface area (Å²) in [6.45, 7) is 3.02. The number of amides is 1. The van der Waals surface area contributed by atoms with Gasteiger partial charge in [-0.1, -0.05) is 5.16 Å². The van der Waals surface area contributed by atoms with Gasteiger partial charge in [-0.05, 0) is 37.8 Å². The molecule has 1 fully saturated rings. The van der Waals surface area contributed by atoms with Gasteiger partial charge in [-0.2, -0.15) is 8.78 Å². The fraction of sp³-hybridized carbons (Fsp3) is 0.467. The van der Waals surface area contributed by atoms with Gasteiger partial charge in [0.2, 0.25) is 5.76 Å². The second kappa shape index (κ2) is 5.46. The quantitative estimate of drug-likeness (QED) is 0.905. The van der Waals surface area contributed by atoms with Crippen molar-refractivity contribution >= 4 is 17.2 Å². The summed E-state index contributed by atoms with van der Waals surface area (Å²) in [4.78, 5) is 13.2. The first-order valence-electron chi connectivity index (χ1n) is 7.09. The number of nitrogens with zero attached hydrogens (tertiary/aromatic N) is 1. The molecule has 1 aliphatic rings. The summed E-state index contributed by atoms with van der Waals surface area (Å²) in [6.07, 6.45) is 2.34. The number of rotatable bonds is 5. The Morgan fingerprint density at radius 3 is 2.82 bits per heavy atom. The molecule has 3 rings (SSSR count). The number of hydrogen-bond acceptors (Lipinski definition) is 4. The van der Waals surface area contributed by atoms with Crippen molar-refractivity contribution in [1.82, 2.24) is 10.5 Å². The maximum Gasteiger partial charge on any atom is 0.304 e. The van der Waals surface area contributed by atoms with E-state index in [4.69, 9.17) is 4.52 Å². The molecule has 0 radical (unpaired) electrons. The molecule has 118 valence electrons. The van der Waals surface area contributed by atoms with Crippen LogP contribution in [0.5, 0.6) is 0 Å². The topological polar surface area (TPSA) is 55.1 Å². The van der Waals surface area contributed by atoms with E-state index in [1.54, 1.807) is 19.1 Å². The second-order valence-electron chi connectivity index (χ2n) is 5.69. The van der Waals surface area contributed by atoms with Crippen molar-refractivity contribution in [3.05, 3.63) is 28.3 Å². The molecule has 2 heterocycles. The summed E-state index contributed by atoms with van der Waals surface area (Å²) in [5, 5.41) is 6.61.